The molecule has 2 amide bonds. The van der Waals surface area contributed by atoms with Crippen molar-refractivity contribution in [2.24, 2.45) is 0 Å². The molecule has 0 saturated carbocycles. The molecule has 0 atom stereocenters. The Hall–Kier alpha value is -3.98. The molecule has 4 rings (SSSR count). The van der Waals surface area contributed by atoms with Crippen LogP contribution in [0.15, 0.2) is 89.0 Å². The van der Waals surface area contributed by atoms with Crippen LogP contribution < -0.4 is 16.0 Å². The number of benzene rings is 2. The van der Waals surface area contributed by atoms with Gasteiger partial charge in [0, 0.05) is 35.6 Å². The summed E-state index contributed by atoms with van der Waals surface area (Å²) in [5, 5.41) is 8.92. The topological polar surface area (TPSA) is 91.8 Å². The number of amides is 2. The summed E-state index contributed by atoms with van der Waals surface area (Å²) in [6.07, 6.45) is 3.43. The first kappa shape index (κ1) is 21.3. The van der Waals surface area contributed by atoms with Crippen molar-refractivity contribution < 1.29 is 9.18 Å². The zero-order valence-corrected chi connectivity index (χ0v) is 17.9. The van der Waals surface area contributed by atoms with Gasteiger partial charge < -0.3 is 16.0 Å². The summed E-state index contributed by atoms with van der Waals surface area (Å²) < 4.78 is 13.7. The molecular weight excluding hydrogens is 427 g/mol. The van der Waals surface area contributed by atoms with Gasteiger partial charge in [-0.1, -0.05) is 23.9 Å². The predicted molar refractivity (Wildman–Crippen MR) is 124 cm³/mol. The van der Waals surface area contributed by atoms with E-state index < -0.39 is 11.8 Å². The van der Waals surface area contributed by atoms with E-state index in [1.165, 1.54) is 23.9 Å². The summed E-state index contributed by atoms with van der Waals surface area (Å²) in [5.74, 6) is 0.0393. The zero-order chi connectivity index (χ0) is 22.3. The fourth-order valence-corrected chi connectivity index (χ4v) is 3.75. The first-order valence-electron chi connectivity index (χ1n) is 9.69. The second-order valence-corrected chi connectivity index (χ2v) is 7.62. The average Bonchev–Trinajstić information content (AvgIpc) is 2.82. The number of urea groups is 1. The van der Waals surface area contributed by atoms with E-state index in [0.717, 1.165) is 21.2 Å². The number of halogens is 1. The second kappa shape index (κ2) is 9.88. The van der Waals surface area contributed by atoms with Crippen LogP contribution in [0, 0.1) is 5.82 Å². The number of nitrogens with one attached hydrogen (secondary N) is 3. The first-order valence-corrected chi connectivity index (χ1v) is 10.5. The molecule has 0 spiro atoms. The number of para-hydroxylation sites is 1. The van der Waals surface area contributed by atoms with Crippen molar-refractivity contribution in [2.45, 2.75) is 9.92 Å². The second-order valence-electron chi connectivity index (χ2n) is 6.56. The van der Waals surface area contributed by atoms with Crippen LogP contribution in [0.1, 0.15) is 0 Å². The minimum Gasteiger partial charge on any atom is -0.357 e. The number of hydrogen-bond donors (Lipinski definition) is 3. The van der Waals surface area contributed by atoms with Crippen molar-refractivity contribution in [3.8, 4) is 11.3 Å². The number of carbonyl (C=O) groups excluding carboxylic acids is 1. The van der Waals surface area contributed by atoms with Gasteiger partial charge in [0.15, 0.2) is 0 Å². The van der Waals surface area contributed by atoms with Gasteiger partial charge in [0.05, 0.1) is 11.4 Å². The van der Waals surface area contributed by atoms with Gasteiger partial charge in [0.2, 0.25) is 5.95 Å². The Morgan fingerprint density at radius 3 is 2.50 bits per heavy atom. The number of nitrogens with zero attached hydrogens (tertiary/aromatic N) is 3. The molecule has 3 N–H and O–H groups in total. The lowest BCUT2D eigenvalue weighted by Crippen LogP contribution is -2.20. The van der Waals surface area contributed by atoms with E-state index >= 15 is 0 Å². The summed E-state index contributed by atoms with van der Waals surface area (Å²) in [4.78, 5) is 26.2. The van der Waals surface area contributed by atoms with Crippen LogP contribution >= 0.6 is 11.8 Å². The summed E-state index contributed by atoms with van der Waals surface area (Å²) >= 11 is 1.48. The van der Waals surface area contributed by atoms with Crippen LogP contribution in [-0.4, -0.2) is 28.0 Å². The molecule has 160 valence electrons. The summed E-state index contributed by atoms with van der Waals surface area (Å²) in [7, 11) is 1.77. The smallest absolute Gasteiger partial charge is 0.323 e. The van der Waals surface area contributed by atoms with Gasteiger partial charge in [-0.25, -0.2) is 24.1 Å². The number of carbonyl (C=O) groups is 1. The van der Waals surface area contributed by atoms with Crippen molar-refractivity contribution in [3.05, 3.63) is 84.9 Å². The Morgan fingerprint density at radius 1 is 0.906 bits per heavy atom. The lowest BCUT2D eigenvalue weighted by Gasteiger charge is -2.10. The Kier molecular flexibility index (Phi) is 6.57. The maximum Gasteiger partial charge on any atom is 0.323 e. The van der Waals surface area contributed by atoms with E-state index in [1.807, 2.05) is 30.3 Å². The monoisotopic (exact) mass is 446 g/mol. The number of rotatable bonds is 6. The lowest BCUT2D eigenvalue weighted by molar-refractivity contribution is 0.262. The van der Waals surface area contributed by atoms with Crippen molar-refractivity contribution in [1.82, 2.24) is 15.0 Å². The summed E-state index contributed by atoms with van der Waals surface area (Å²) in [5.41, 5.74) is 2.36. The minimum absolute atomic E-state index is 0.117. The van der Waals surface area contributed by atoms with Crippen LogP contribution in [0.3, 0.4) is 0 Å². The van der Waals surface area contributed by atoms with Crippen molar-refractivity contribution >= 4 is 35.1 Å². The standard InChI is InChI=1S/C23H19FN6OS/c1-25-22-27-14-12-19(29-22)17-5-4-13-26-21(17)32-16-10-8-15(9-11-16)28-23(31)30-20-7-3-2-6-18(20)24/h2-14H,1H3,(H,25,27,29)(H2,28,30,31). The first-order chi connectivity index (χ1) is 15.6. The van der Waals surface area contributed by atoms with Crippen LogP contribution in [0.5, 0.6) is 0 Å². The highest BCUT2D eigenvalue weighted by Gasteiger charge is 2.11. The number of aromatic nitrogens is 3. The molecule has 2 heterocycles. The molecule has 0 fully saturated rings. The van der Waals surface area contributed by atoms with Gasteiger partial charge >= 0.3 is 6.03 Å². The molecule has 7 nitrogen and oxygen atoms in total. The van der Waals surface area contributed by atoms with E-state index in [4.69, 9.17) is 0 Å². The van der Waals surface area contributed by atoms with Gasteiger partial charge in [-0.15, -0.1) is 0 Å². The number of anilines is 3. The molecule has 32 heavy (non-hydrogen) atoms. The van der Waals surface area contributed by atoms with Crippen LogP contribution in [0.2, 0.25) is 0 Å². The molecule has 9 heteroatoms. The van der Waals surface area contributed by atoms with E-state index in [-0.39, 0.29) is 5.69 Å². The Balaban J connectivity index is 1.45. The number of hydrogen-bond acceptors (Lipinski definition) is 6. The van der Waals surface area contributed by atoms with Crippen molar-refractivity contribution in [3.63, 3.8) is 0 Å². The summed E-state index contributed by atoms with van der Waals surface area (Å²) in [6, 6.07) is 18.4. The van der Waals surface area contributed by atoms with Crippen LogP contribution in [0.4, 0.5) is 26.5 Å². The zero-order valence-electron chi connectivity index (χ0n) is 17.0. The van der Waals surface area contributed by atoms with Crippen LogP contribution in [0.25, 0.3) is 11.3 Å². The SMILES string of the molecule is CNc1nccc(-c2cccnc2Sc2ccc(NC(=O)Nc3ccccc3F)cc2)n1. The lowest BCUT2D eigenvalue weighted by atomic mass is 10.2. The third-order valence-corrected chi connectivity index (χ3v) is 5.40. The fraction of sp³-hybridized carbons (Fsp3) is 0.0435. The van der Waals surface area contributed by atoms with Crippen molar-refractivity contribution in [2.75, 3.05) is 23.0 Å². The van der Waals surface area contributed by atoms with E-state index in [9.17, 15) is 9.18 Å². The molecule has 4 aromatic rings. The highest BCUT2D eigenvalue weighted by atomic mass is 32.2. The largest absolute Gasteiger partial charge is 0.357 e. The van der Waals surface area contributed by atoms with Gasteiger partial charge in [0.25, 0.3) is 0 Å². The molecule has 0 bridgehead atoms. The third kappa shape index (κ3) is 5.19. The molecule has 0 aliphatic carbocycles. The minimum atomic E-state index is -0.522. The predicted octanol–water partition coefficient (Wildman–Crippen LogP) is 5.51. The maximum atomic E-state index is 13.7. The fourth-order valence-electron chi connectivity index (χ4n) is 2.86. The highest BCUT2D eigenvalue weighted by molar-refractivity contribution is 7.99. The van der Waals surface area contributed by atoms with E-state index in [0.29, 0.717) is 11.6 Å². The van der Waals surface area contributed by atoms with E-state index in [1.54, 1.807) is 43.7 Å². The maximum absolute atomic E-state index is 13.7. The molecule has 0 radical (unpaired) electrons. The van der Waals surface area contributed by atoms with Gasteiger partial charge in [0.1, 0.15) is 10.8 Å². The van der Waals surface area contributed by atoms with Gasteiger partial charge in [-0.3, -0.25) is 0 Å². The molecule has 2 aromatic heterocycles. The number of pyridine rings is 1. The highest BCUT2D eigenvalue weighted by Crippen LogP contribution is 2.34. The molecule has 0 unspecified atom stereocenters. The van der Waals surface area contributed by atoms with E-state index in [2.05, 4.69) is 30.9 Å². The molecule has 0 aliphatic rings. The Morgan fingerprint density at radius 2 is 1.72 bits per heavy atom. The molecular formula is C23H19FN6OS. The molecule has 0 aliphatic heterocycles. The Labute approximate surface area is 188 Å². The average molecular weight is 447 g/mol. The molecule has 2 aromatic carbocycles. The third-order valence-electron chi connectivity index (χ3n) is 4.38. The quantitative estimate of drug-likeness (QED) is 0.361. The molecule has 0 saturated heterocycles. The van der Waals surface area contributed by atoms with Crippen molar-refractivity contribution in [1.29, 1.82) is 0 Å². The van der Waals surface area contributed by atoms with Gasteiger partial charge in [-0.05, 0) is 54.6 Å². The Bertz CT molecular complexity index is 1240. The summed E-state index contributed by atoms with van der Waals surface area (Å²) in [6.45, 7) is 0. The normalized spacial score (nSPS) is 10.4. The van der Waals surface area contributed by atoms with Gasteiger partial charge in [-0.2, -0.15) is 0 Å². The van der Waals surface area contributed by atoms with Crippen LogP contribution in [-0.2, 0) is 0 Å².